The van der Waals surface area contributed by atoms with Crippen LogP contribution in [0.2, 0.25) is 5.02 Å². The van der Waals surface area contributed by atoms with Crippen LogP contribution >= 0.6 is 11.6 Å². The van der Waals surface area contributed by atoms with E-state index in [-0.39, 0.29) is 27.6 Å². The Morgan fingerprint density at radius 2 is 1.88 bits per heavy atom. The molecule has 1 aliphatic heterocycles. The maximum atomic E-state index is 13.4. The van der Waals surface area contributed by atoms with Crippen LogP contribution in [0.5, 0.6) is 0 Å². The Bertz CT molecular complexity index is 1270. The normalized spacial score (nSPS) is 14.5. The summed E-state index contributed by atoms with van der Waals surface area (Å²) in [5, 5.41) is 2.68. The molecule has 0 fully saturated rings. The van der Waals surface area contributed by atoms with Crippen molar-refractivity contribution in [3.63, 3.8) is 0 Å². The van der Waals surface area contributed by atoms with Crippen LogP contribution in [0, 0.1) is 5.82 Å². The second kappa shape index (κ2) is 8.72. The zero-order valence-electron chi connectivity index (χ0n) is 16.9. The summed E-state index contributed by atoms with van der Waals surface area (Å²) < 4.78 is 13.4. The molecule has 8 heteroatoms. The molecular weight excluding hydrogens is 433 g/mol. The molecule has 0 aliphatic carbocycles. The van der Waals surface area contributed by atoms with E-state index in [1.165, 1.54) is 29.2 Å². The zero-order chi connectivity index (χ0) is 22.8. The molecule has 1 aromatic heterocycles. The first kappa shape index (κ1) is 21.4. The summed E-state index contributed by atoms with van der Waals surface area (Å²) in [6, 6.07) is 12.1. The zero-order valence-corrected chi connectivity index (χ0v) is 17.7. The highest BCUT2D eigenvalue weighted by atomic mass is 35.5. The van der Waals surface area contributed by atoms with Crippen molar-refractivity contribution < 1.29 is 18.8 Å². The van der Waals surface area contributed by atoms with Crippen LogP contribution in [0.25, 0.3) is 6.08 Å². The molecular formula is C24H17ClFN3O3. The number of halogens is 2. The van der Waals surface area contributed by atoms with Crippen molar-refractivity contribution in [2.75, 3.05) is 11.9 Å². The smallest absolute Gasteiger partial charge is 0.262 e. The van der Waals surface area contributed by atoms with Gasteiger partial charge in [-0.25, -0.2) is 4.39 Å². The van der Waals surface area contributed by atoms with E-state index in [1.54, 1.807) is 43.7 Å². The van der Waals surface area contributed by atoms with Gasteiger partial charge in [0.25, 0.3) is 11.8 Å². The highest BCUT2D eigenvalue weighted by Gasteiger charge is 2.33. The van der Waals surface area contributed by atoms with Gasteiger partial charge in [0.15, 0.2) is 0 Å². The van der Waals surface area contributed by atoms with E-state index in [1.807, 2.05) is 0 Å². The fourth-order valence-electron chi connectivity index (χ4n) is 3.37. The summed E-state index contributed by atoms with van der Waals surface area (Å²) in [5.41, 5.74) is 2.12. The first-order chi connectivity index (χ1) is 15.3. The Kier molecular flexibility index (Phi) is 5.83. The molecule has 2 heterocycles. The number of ketones is 1. The Balaban J connectivity index is 1.64. The van der Waals surface area contributed by atoms with Gasteiger partial charge in [0.1, 0.15) is 5.82 Å². The largest absolute Gasteiger partial charge is 0.348 e. The Morgan fingerprint density at radius 3 is 2.59 bits per heavy atom. The standard InChI is InChI=1S/C24H17ClFN3O3/c1-29-21-5-3-16(23(31)28-13-14-6-8-27-9-7-14)12-17(21)22(30)18(24(29)32)10-15-2-4-20(26)19(25)11-15/h2-12H,13H2,1H3,(H,28,31)/b18-10+. The molecule has 0 saturated heterocycles. The number of anilines is 1. The van der Waals surface area contributed by atoms with Gasteiger partial charge in [0, 0.05) is 37.1 Å². The van der Waals surface area contributed by atoms with E-state index in [9.17, 15) is 18.8 Å². The summed E-state index contributed by atoms with van der Waals surface area (Å²) in [4.78, 5) is 43.8. The maximum Gasteiger partial charge on any atom is 0.262 e. The number of Topliss-reactive ketones (excluding diaryl/α,β-unsaturated/α-hetero) is 1. The molecule has 0 unspecified atom stereocenters. The molecule has 3 aromatic rings. The average Bonchev–Trinajstić information content (AvgIpc) is 2.81. The first-order valence-corrected chi connectivity index (χ1v) is 10.0. The van der Waals surface area contributed by atoms with Gasteiger partial charge < -0.3 is 10.2 Å². The van der Waals surface area contributed by atoms with Crippen LogP contribution in [0.3, 0.4) is 0 Å². The molecule has 160 valence electrons. The highest BCUT2D eigenvalue weighted by molar-refractivity contribution is 6.37. The fraction of sp³-hybridized carbons (Fsp3) is 0.0833. The summed E-state index contributed by atoms with van der Waals surface area (Å²) >= 11 is 5.81. The molecule has 1 aliphatic rings. The fourth-order valence-corrected chi connectivity index (χ4v) is 3.55. The summed E-state index contributed by atoms with van der Waals surface area (Å²) in [5.74, 6) is -1.97. The molecule has 0 saturated carbocycles. The number of pyridine rings is 1. The third kappa shape index (κ3) is 4.15. The third-order valence-corrected chi connectivity index (χ3v) is 5.39. The van der Waals surface area contributed by atoms with E-state index < -0.39 is 17.5 Å². The second-order valence-electron chi connectivity index (χ2n) is 7.19. The summed E-state index contributed by atoms with van der Waals surface area (Å²) in [7, 11) is 1.54. The van der Waals surface area contributed by atoms with Gasteiger partial charge in [-0.1, -0.05) is 17.7 Å². The van der Waals surface area contributed by atoms with Crippen LogP contribution in [0.1, 0.15) is 31.8 Å². The van der Waals surface area contributed by atoms with Crippen LogP contribution in [0.4, 0.5) is 10.1 Å². The van der Waals surface area contributed by atoms with Crippen molar-refractivity contribution in [2.24, 2.45) is 0 Å². The molecule has 0 bridgehead atoms. The van der Waals surface area contributed by atoms with Crippen molar-refractivity contribution >= 4 is 41.0 Å². The van der Waals surface area contributed by atoms with Crippen molar-refractivity contribution in [1.82, 2.24) is 10.3 Å². The van der Waals surface area contributed by atoms with Crippen molar-refractivity contribution in [3.05, 3.63) is 99.6 Å². The molecule has 1 N–H and O–H groups in total. The molecule has 0 atom stereocenters. The summed E-state index contributed by atoms with van der Waals surface area (Å²) in [6.07, 6.45) is 4.63. The lowest BCUT2D eigenvalue weighted by atomic mass is 9.92. The number of rotatable bonds is 4. The van der Waals surface area contributed by atoms with Gasteiger partial charge in [-0.3, -0.25) is 19.4 Å². The Morgan fingerprint density at radius 1 is 1.12 bits per heavy atom. The molecule has 6 nitrogen and oxygen atoms in total. The number of nitrogens with one attached hydrogen (secondary N) is 1. The van der Waals surface area contributed by atoms with Crippen LogP contribution in [0.15, 0.2) is 66.5 Å². The van der Waals surface area contributed by atoms with E-state index in [2.05, 4.69) is 10.3 Å². The van der Waals surface area contributed by atoms with E-state index in [0.717, 1.165) is 11.6 Å². The lowest BCUT2D eigenvalue weighted by Gasteiger charge is -2.27. The van der Waals surface area contributed by atoms with Gasteiger partial charge >= 0.3 is 0 Å². The lowest BCUT2D eigenvalue weighted by molar-refractivity contribution is -0.114. The van der Waals surface area contributed by atoms with Gasteiger partial charge in [0.05, 0.1) is 16.3 Å². The predicted octanol–water partition coefficient (Wildman–Crippen LogP) is 4.05. The van der Waals surface area contributed by atoms with E-state index >= 15 is 0 Å². The number of fused-ring (bicyclic) bond motifs is 1. The number of hydrogen-bond acceptors (Lipinski definition) is 4. The minimum atomic E-state index is -0.597. The molecule has 4 rings (SSSR count). The van der Waals surface area contributed by atoms with Crippen LogP contribution in [-0.4, -0.2) is 29.6 Å². The molecule has 0 spiro atoms. The van der Waals surface area contributed by atoms with E-state index in [0.29, 0.717) is 17.8 Å². The lowest BCUT2D eigenvalue weighted by Crippen LogP contribution is -2.37. The number of carbonyl (C=O) groups is 3. The maximum absolute atomic E-state index is 13.4. The quantitative estimate of drug-likeness (QED) is 0.481. The number of benzene rings is 2. The molecule has 32 heavy (non-hydrogen) atoms. The van der Waals surface area contributed by atoms with Gasteiger partial charge in [0.2, 0.25) is 5.78 Å². The average molecular weight is 450 g/mol. The van der Waals surface area contributed by atoms with Crippen molar-refractivity contribution in [1.29, 1.82) is 0 Å². The SMILES string of the molecule is CN1C(=O)/C(=C/c2ccc(F)c(Cl)c2)C(=O)c2cc(C(=O)NCc3ccncc3)ccc21. The number of nitrogens with zero attached hydrogens (tertiary/aromatic N) is 2. The van der Waals surface area contributed by atoms with Crippen molar-refractivity contribution in [2.45, 2.75) is 6.54 Å². The highest BCUT2D eigenvalue weighted by Crippen LogP contribution is 2.31. The molecule has 2 amide bonds. The molecule has 0 radical (unpaired) electrons. The van der Waals surface area contributed by atoms with Crippen LogP contribution in [-0.2, 0) is 11.3 Å². The topological polar surface area (TPSA) is 79.4 Å². The number of aromatic nitrogens is 1. The Labute approximate surface area is 188 Å². The van der Waals surface area contributed by atoms with Gasteiger partial charge in [-0.15, -0.1) is 0 Å². The minimum absolute atomic E-state index is 0.1000. The van der Waals surface area contributed by atoms with Crippen molar-refractivity contribution in [3.8, 4) is 0 Å². The number of hydrogen-bond donors (Lipinski definition) is 1. The second-order valence-corrected chi connectivity index (χ2v) is 7.60. The predicted molar refractivity (Wildman–Crippen MR) is 119 cm³/mol. The summed E-state index contributed by atoms with van der Waals surface area (Å²) in [6.45, 7) is 0.307. The number of amides is 2. The van der Waals surface area contributed by atoms with Crippen LogP contribution < -0.4 is 10.2 Å². The van der Waals surface area contributed by atoms with Gasteiger partial charge in [-0.05, 0) is 59.7 Å². The first-order valence-electron chi connectivity index (χ1n) is 9.66. The van der Waals surface area contributed by atoms with E-state index in [4.69, 9.17) is 11.6 Å². The minimum Gasteiger partial charge on any atom is -0.348 e. The third-order valence-electron chi connectivity index (χ3n) is 5.10. The number of likely N-dealkylation sites (N-methyl/N-ethyl adjacent to an activating group) is 1. The van der Waals surface area contributed by atoms with Gasteiger partial charge in [-0.2, -0.15) is 0 Å². The Hall–Kier alpha value is -3.84. The molecule has 2 aromatic carbocycles. The number of carbonyl (C=O) groups excluding carboxylic acids is 3. The monoisotopic (exact) mass is 449 g/mol.